The monoisotopic (exact) mass is 1600 g/mol. The van der Waals surface area contributed by atoms with Crippen LogP contribution in [0.15, 0.2) is 12.7 Å². The normalized spacial score (nSPS) is 12.1. The molecule has 586 valence electrons. The van der Waals surface area contributed by atoms with Crippen molar-refractivity contribution in [3.8, 4) is 66.8 Å². The van der Waals surface area contributed by atoms with Crippen LogP contribution in [0, 0.1) is 142 Å². The maximum Gasteiger partial charge on any atom is 0.105 e. The van der Waals surface area contributed by atoms with Crippen molar-refractivity contribution >= 4 is 123 Å². The van der Waals surface area contributed by atoms with Gasteiger partial charge >= 0.3 is 0 Å². The van der Waals surface area contributed by atoms with Crippen molar-refractivity contribution in [1.29, 1.82) is 57.9 Å². The summed E-state index contributed by atoms with van der Waals surface area (Å²) in [4.78, 5) is 0. The Morgan fingerprint density at radius 1 is 0.456 bits per heavy atom. The fraction of sp³-hybridized carbons (Fsp3) is 0.817. The van der Waals surface area contributed by atoms with E-state index < -0.39 is 10.9 Å². The number of unbranched alkanes of at least 4 members (excludes halogenated alkanes) is 28. The highest BCUT2D eigenvalue weighted by Gasteiger charge is 2.26. The van der Waals surface area contributed by atoms with Gasteiger partial charge in [0.25, 0.3) is 0 Å². The predicted octanol–water partition coefficient (Wildman–Crippen LogP) is 29.6. The lowest BCUT2D eigenvalue weighted by atomic mass is 10.0. The molecule has 0 aromatic rings. The predicted molar refractivity (Wildman–Crippen MR) is 477 cm³/mol. The highest BCUT2D eigenvalue weighted by Crippen LogP contribution is 2.43. The molecule has 0 fully saturated rings. The molecular weight excluding hydrogens is 1460 g/mol. The average Bonchev–Trinajstić information content (AvgIpc) is 0.908. The molecule has 0 rings (SSSR count). The maximum absolute atomic E-state index is 9.30. The van der Waals surface area contributed by atoms with Gasteiger partial charge in [0.05, 0.1) is 85.9 Å². The van der Waals surface area contributed by atoms with Gasteiger partial charge in [-0.15, -0.1) is 68.0 Å². The summed E-state index contributed by atoms with van der Waals surface area (Å²) in [6, 6.07) is 23.4. The molecule has 7 unspecified atom stereocenters. The van der Waals surface area contributed by atoms with Crippen molar-refractivity contribution in [1.82, 2.24) is 0 Å². The fourth-order valence-electron chi connectivity index (χ4n) is 7.90. The lowest BCUT2D eigenvalue weighted by Gasteiger charge is -2.24. The van der Waals surface area contributed by atoms with E-state index in [0.717, 1.165) is 69.3 Å². The van der Waals surface area contributed by atoms with E-state index in [9.17, 15) is 10.5 Å². The van der Waals surface area contributed by atoms with Crippen LogP contribution in [0.1, 0.15) is 363 Å². The van der Waals surface area contributed by atoms with E-state index in [1.54, 1.807) is 64.9 Å². The zero-order valence-electron chi connectivity index (χ0n) is 69.3. The van der Waals surface area contributed by atoms with Gasteiger partial charge in [-0.1, -0.05) is 290 Å². The highest BCUT2D eigenvalue weighted by molar-refractivity contribution is 8.48. The first-order chi connectivity index (χ1) is 50.0. The summed E-state index contributed by atoms with van der Waals surface area (Å²) in [5, 5.41) is 92.8. The summed E-state index contributed by atoms with van der Waals surface area (Å²) >= 11 is 22.5. The molecule has 0 aromatic carbocycles. The maximum atomic E-state index is 9.30. The molecule has 0 amide bonds. The van der Waals surface area contributed by atoms with E-state index in [1.807, 2.05) is 115 Å². The van der Waals surface area contributed by atoms with E-state index in [2.05, 4.69) is 70.7 Å². The Kier molecular flexibility index (Phi) is 114. The SMILES string of the molecule is C=CC#N.CC(C)C#N.CCC(C#N)CCC#N.CCC(C#N)CCC#N.CCCC#N.CCCCCCCCCCCCSC(=S)SC(C#N)CC.CCCCCCCCCCCCSC(=S)SC(C)(C)C#N.CCCCCCCCCCCCSC(SC(C#N)CC)SC(C)(C)C#N.[2H]C([3H])(C)P. The molecule has 0 spiro atoms. The molecule has 7 atom stereocenters. The minimum atomic E-state index is -1.08. The first-order valence-electron chi connectivity index (χ1n) is 39.4. The molecule has 0 radical (unpaired) electrons. The molecule has 0 N–H and O–H groups in total. The van der Waals surface area contributed by atoms with E-state index in [0.29, 0.717) is 19.3 Å². The number of thioether (sulfide) groups is 7. The van der Waals surface area contributed by atoms with Crippen molar-refractivity contribution in [2.75, 3.05) is 23.4 Å². The second kappa shape index (κ2) is 103. The van der Waals surface area contributed by atoms with Crippen LogP contribution in [0.4, 0.5) is 0 Å². The smallest absolute Gasteiger partial charge is 0.105 e. The third-order valence-corrected chi connectivity index (χ3v) is 24.6. The Labute approximate surface area is 683 Å². The Bertz CT molecular complexity index is 2410. The van der Waals surface area contributed by atoms with Crippen LogP contribution in [-0.4, -0.2) is 54.3 Å². The van der Waals surface area contributed by atoms with Gasteiger partial charge in [-0.05, 0) is 129 Å². The molecule has 0 aliphatic heterocycles. The Morgan fingerprint density at radius 3 is 1.01 bits per heavy atom. The topological polar surface area (TPSA) is 262 Å². The molecule has 11 nitrogen and oxygen atoms in total. The minimum absolute atomic E-state index is 0.0298. The molecule has 0 aliphatic carbocycles. The van der Waals surface area contributed by atoms with Crippen LogP contribution in [0.2, 0.25) is 0 Å². The summed E-state index contributed by atoms with van der Waals surface area (Å²) in [5.74, 6) is 3.71. The molecule has 0 aliphatic rings. The summed E-state index contributed by atoms with van der Waals surface area (Å²) in [6.45, 7) is 32.9. The third-order valence-electron chi connectivity index (χ3n) is 14.3. The number of rotatable bonds is 49. The second-order valence-electron chi connectivity index (χ2n) is 25.3. The standard InChI is InChI=1S/C21H38N2S3.2C17H31NS3.2C7H10N2.2C4H7N.C3H3N.C2H7P/c1-5-7-8-9-10-11-12-13-14-15-16-24-20(25-19(6-2)17-22)26-21(3,4)18-23;1-4-5-6-7-8-9-10-11-12-13-14-20-16(19)21-17(2,3)15-18;1-3-5-6-7-8-9-10-11-12-13-14-20-17(19)21-16(4-2)15-18;2*1-2-7(6-9)4-3-5-8;1-4(2)3-5;1-2-3-4-5;1-2-3-4;1-2-3/h19-20H,5-16H2,1-4H3;4-14H2,1-3H3;16H,3-14H2,1-2H3;2*7H,2-4H2,1H3;4H,1-2H3;2-3H2,1H3;2H,1H2;2-3H2,1H3/i;;;;;;;;2TD. The Morgan fingerprint density at radius 2 is 0.767 bits per heavy atom. The number of hydrogen-bond donors (Lipinski definition) is 0. The minimum Gasteiger partial charge on any atom is -0.198 e. The second-order valence-corrected chi connectivity index (χ2v) is 38.5. The van der Waals surface area contributed by atoms with Gasteiger partial charge in [0.15, 0.2) is 0 Å². The van der Waals surface area contributed by atoms with Gasteiger partial charge in [0, 0.05) is 45.8 Å². The zero-order chi connectivity index (χ0) is 82.0. The van der Waals surface area contributed by atoms with Crippen LogP contribution in [0.3, 0.4) is 0 Å². The third kappa shape index (κ3) is 118. The molecular formula is C82H144N11PS9. The van der Waals surface area contributed by atoms with Crippen molar-refractivity contribution in [3.05, 3.63) is 12.7 Å². The van der Waals surface area contributed by atoms with Gasteiger partial charge in [-0.2, -0.15) is 57.9 Å². The number of hydrogen-bond acceptors (Lipinski definition) is 20. The molecule has 21 heteroatoms. The van der Waals surface area contributed by atoms with Gasteiger partial charge in [0.2, 0.25) is 0 Å². The van der Waals surface area contributed by atoms with E-state index in [1.165, 1.54) is 217 Å². The zero-order valence-corrected chi connectivity index (χ0v) is 75.8. The average molecular weight is 1610 g/mol. The summed E-state index contributed by atoms with van der Waals surface area (Å²) < 4.78 is 14.5. The summed E-state index contributed by atoms with van der Waals surface area (Å²) in [7, 11) is 2.05. The molecule has 0 bridgehead atoms. The van der Waals surface area contributed by atoms with Gasteiger partial charge in [-0.25, -0.2) is 0 Å². The number of allylic oxidation sites excluding steroid dienone is 1. The van der Waals surface area contributed by atoms with Crippen LogP contribution in [-0.2, 0) is 0 Å². The number of nitrogens with zero attached hydrogens (tertiary/aromatic N) is 11. The van der Waals surface area contributed by atoms with E-state index in [-0.39, 0.29) is 36.9 Å². The molecule has 0 saturated heterocycles. The van der Waals surface area contributed by atoms with E-state index in [4.69, 9.17) is 74.5 Å². The van der Waals surface area contributed by atoms with Gasteiger partial charge in [-0.3, -0.25) is 0 Å². The van der Waals surface area contributed by atoms with Gasteiger partial charge < -0.3 is 0 Å². The molecule has 0 aromatic heterocycles. The van der Waals surface area contributed by atoms with Crippen molar-refractivity contribution in [2.45, 2.75) is 385 Å². The summed E-state index contributed by atoms with van der Waals surface area (Å²) in [5.41, 5.74) is 0. The Balaban J connectivity index is -0.000000152. The molecule has 0 saturated carbocycles. The van der Waals surface area contributed by atoms with Crippen molar-refractivity contribution in [2.24, 2.45) is 17.8 Å². The van der Waals surface area contributed by atoms with Crippen LogP contribution >= 0.6 is 116 Å². The number of thiocarbonyl (C=S) groups is 2. The van der Waals surface area contributed by atoms with Crippen LogP contribution in [0.5, 0.6) is 0 Å². The van der Waals surface area contributed by atoms with Crippen LogP contribution in [0.25, 0.3) is 0 Å². The van der Waals surface area contributed by atoms with Crippen LogP contribution < -0.4 is 0 Å². The quantitative estimate of drug-likeness (QED) is 0.0180. The highest BCUT2D eigenvalue weighted by atomic mass is 32.3. The van der Waals surface area contributed by atoms with Crippen molar-refractivity contribution < 1.29 is 2.74 Å². The fourth-order valence-corrected chi connectivity index (χ4v) is 18.6. The first-order valence-corrected chi connectivity index (χ1v) is 46.3. The van der Waals surface area contributed by atoms with Gasteiger partial charge in [0.1, 0.15) is 11.8 Å². The first kappa shape index (κ1) is 114. The lowest BCUT2D eigenvalue weighted by Crippen LogP contribution is -2.16. The summed E-state index contributed by atoms with van der Waals surface area (Å²) in [6.07, 6.45) is 48.7. The lowest BCUT2D eigenvalue weighted by molar-refractivity contribution is 0.563. The number of nitriles is 11. The van der Waals surface area contributed by atoms with Crippen molar-refractivity contribution in [3.63, 3.8) is 0 Å². The largest absolute Gasteiger partial charge is 0.198 e. The molecule has 0 heterocycles. The molecule has 103 heavy (non-hydrogen) atoms. The van der Waals surface area contributed by atoms with E-state index >= 15 is 0 Å². The Hall–Kier alpha value is -2.81.